The Morgan fingerprint density at radius 1 is 1.35 bits per heavy atom. The van der Waals surface area contributed by atoms with Crippen LogP contribution in [0, 0.1) is 13.8 Å². The highest BCUT2D eigenvalue weighted by atomic mass is 32.2. The van der Waals surface area contributed by atoms with Gasteiger partial charge in [0.05, 0.1) is 11.8 Å². The standard InChI is InChI=1S/C15H20N4O3S/c1-10-5-3-4-6-12(10)9-23(20,21)19-13-7-8-22-14(13)15-16-11(2)17-18-15/h3-6,13-14,19H,7-9H2,1-2H3,(H,16,17,18)/t13-,14+/m0/s1. The summed E-state index contributed by atoms with van der Waals surface area (Å²) in [5.74, 6) is 1.12. The first-order valence-electron chi connectivity index (χ1n) is 7.49. The zero-order chi connectivity index (χ0) is 16.4. The van der Waals surface area contributed by atoms with Crippen molar-refractivity contribution >= 4 is 10.0 Å². The van der Waals surface area contributed by atoms with Crippen molar-refractivity contribution in [2.24, 2.45) is 0 Å². The molecule has 23 heavy (non-hydrogen) atoms. The van der Waals surface area contributed by atoms with Gasteiger partial charge in [-0.25, -0.2) is 18.1 Å². The summed E-state index contributed by atoms with van der Waals surface area (Å²) in [6, 6.07) is 7.12. The molecule has 124 valence electrons. The van der Waals surface area contributed by atoms with Crippen LogP contribution >= 0.6 is 0 Å². The third-order valence-electron chi connectivity index (χ3n) is 3.90. The first kappa shape index (κ1) is 16.1. The molecule has 8 heteroatoms. The lowest BCUT2D eigenvalue weighted by Gasteiger charge is -2.18. The summed E-state index contributed by atoms with van der Waals surface area (Å²) in [6.45, 7) is 4.18. The number of aryl methyl sites for hydroxylation is 2. The zero-order valence-electron chi connectivity index (χ0n) is 13.1. The van der Waals surface area contributed by atoms with E-state index in [2.05, 4.69) is 19.9 Å². The molecule has 0 saturated carbocycles. The largest absolute Gasteiger partial charge is 0.368 e. The molecule has 2 N–H and O–H groups in total. The number of ether oxygens (including phenoxy) is 1. The Balaban J connectivity index is 1.73. The number of nitrogens with zero attached hydrogens (tertiary/aromatic N) is 2. The molecule has 1 fully saturated rings. The van der Waals surface area contributed by atoms with E-state index in [4.69, 9.17) is 4.74 Å². The molecule has 0 spiro atoms. The van der Waals surface area contributed by atoms with Gasteiger partial charge in [-0.1, -0.05) is 24.3 Å². The number of hydrogen-bond acceptors (Lipinski definition) is 5. The number of aromatic amines is 1. The molecule has 0 bridgehead atoms. The van der Waals surface area contributed by atoms with E-state index < -0.39 is 16.1 Å². The molecule has 2 aromatic rings. The van der Waals surface area contributed by atoms with E-state index in [0.717, 1.165) is 11.1 Å². The monoisotopic (exact) mass is 336 g/mol. The van der Waals surface area contributed by atoms with E-state index in [-0.39, 0.29) is 11.8 Å². The molecular weight excluding hydrogens is 316 g/mol. The molecule has 2 heterocycles. The number of aromatic nitrogens is 3. The summed E-state index contributed by atoms with van der Waals surface area (Å²) in [4.78, 5) is 4.24. The molecule has 0 amide bonds. The third-order valence-corrected chi connectivity index (χ3v) is 5.25. The molecule has 1 aliphatic rings. The van der Waals surface area contributed by atoms with Gasteiger partial charge in [-0.05, 0) is 31.4 Å². The SMILES string of the molecule is Cc1nc([C@@H]2OCC[C@@H]2NS(=O)(=O)Cc2ccccc2C)n[nH]1. The highest BCUT2D eigenvalue weighted by Crippen LogP contribution is 2.27. The number of rotatable bonds is 5. The predicted molar refractivity (Wildman–Crippen MR) is 85.2 cm³/mol. The normalized spacial score (nSPS) is 21.7. The van der Waals surface area contributed by atoms with Gasteiger partial charge in [0.25, 0.3) is 0 Å². The van der Waals surface area contributed by atoms with E-state index in [1.54, 1.807) is 6.92 Å². The van der Waals surface area contributed by atoms with Crippen LogP contribution in [-0.4, -0.2) is 36.2 Å². The predicted octanol–water partition coefficient (Wildman–Crippen LogP) is 1.37. The van der Waals surface area contributed by atoms with E-state index in [0.29, 0.717) is 24.7 Å². The number of H-pyrrole nitrogens is 1. The third kappa shape index (κ3) is 3.77. The van der Waals surface area contributed by atoms with Crippen molar-refractivity contribution in [3.05, 3.63) is 47.0 Å². The van der Waals surface area contributed by atoms with Gasteiger partial charge >= 0.3 is 0 Å². The lowest BCUT2D eigenvalue weighted by molar-refractivity contribution is 0.0957. The van der Waals surface area contributed by atoms with Crippen molar-refractivity contribution < 1.29 is 13.2 Å². The van der Waals surface area contributed by atoms with Crippen LogP contribution in [0.5, 0.6) is 0 Å². The zero-order valence-corrected chi connectivity index (χ0v) is 13.9. The van der Waals surface area contributed by atoms with E-state index in [1.807, 2.05) is 31.2 Å². The summed E-state index contributed by atoms with van der Waals surface area (Å²) in [5.41, 5.74) is 1.76. The van der Waals surface area contributed by atoms with Crippen LogP contribution in [0.1, 0.15) is 35.3 Å². The van der Waals surface area contributed by atoms with Gasteiger partial charge in [-0.3, -0.25) is 5.10 Å². The Hall–Kier alpha value is -1.77. The minimum absolute atomic E-state index is 0.0457. The molecule has 0 aliphatic carbocycles. The number of sulfonamides is 1. The molecule has 7 nitrogen and oxygen atoms in total. The van der Waals surface area contributed by atoms with E-state index in [9.17, 15) is 8.42 Å². The van der Waals surface area contributed by atoms with Crippen molar-refractivity contribution in [3.63, 3.8) is 0 Å². The van der Waals surface area contributed by atoms with Crippen molar-refractivity contribution in [3.8, 4) is 0 Å². The van der Waals surface area contributed by atoms with Gasteiger partial charge in [0, 0.05) is 6.61 Å². The fraction of sp³-hybridized carbons (Fsp3) is 0.467. The number of hydrogen-bond donors (Lipinski definition) is 2. The second kappa shape index (κ2) is 6.38. The first-order valence-corrected chi connectivity index (χ1v) is 9.15. The van der Waals surface area contributed by atoms with Crippen LogP contribution in [-0.2, 0) is 20.5 Å². The molecule has 0 radical (unpaired) electrons. The van der Waals surface area contributed by atoms with Gasteiger partial charge in [0.2, 0.25) is 10.0 Å². The quantitative estimate of drug-likeness (QED) is 0.859. The summed E-state index contributed by atoms with van der Waals surface area (Å²) < 4.78 is 33.3. The average Bonchev–Trinajstić information content (AvgIpc) is 3.09. The average molecular weight is 336 g/mol. The Morgan fingerprint density at radius 3 is 2.83 bits per heavy atom. The number of nitrogens with one attached hydrogen (secondary N) is 2. The van der Waals surface area contributed by atoms with Crippen molar-refractivity contribution in [1.82, 2.24) is 19.9 Å². The maximum absolute atomic E-state index is 12.5. The Morgan fingerprint density at radius 2 is 2.13 bits per heavy atom. The fourth-order valence-corrected chi connectivity index (χ4v) is 4.22. The second-order valence-corrected chi connectivity index (χ2v) is 7.52. The molecule has 2 atom stereocenters. The van der Waals surface area contributed by atoms with Crippen molar-refractivity contribution in [2.45, 2.75) is 38.2 Å². The second-order valence-electron chi connectivity index (χ2n) is 5.77. The van der Waals surface area contributed by atoms with Crippen molar-refractivity contribution in [2.75, 3.05) is 6.61 Å². The molecule has 1 aromatic heterocycles. The van der Waals surface area contributed by atoms with Crippen LogP contribution in [0.2, 0.25) is 0 Å². The van der Waals surface area contributed by atoms with Gasteiger partial charge in [0.1, 0.15) is 11.9 Å². The van der Waals surface area contributed by atoms with Crippen LogP contribution in [0.25, 0.3) is 0 Å². The van der Waals surface area contributed by atoms with Crippen LogP contribution in [0.4, 0.5) is 0 Å². The van der Waals surface area contributed by atoms with Crippen LogP contribution < -0.4 is 4.72 Å². The lowest BCUT2D eigenvalue weighted by atomic mass is 10.1. The molecule has 3 rings (SSSR count). The molecule has 1 saturated heterocycles. The summed E-state index contributed by atoms with van der Waals surface area (Å²) in [5, 5.41) is 6.84. The smallest absolute Gasteiger partial charge is 0.216 e. The van der Waals surface area contributed by atoms with E-state index >= 15 is 0 Å². The maximum atomic E-state index is 12.5. The summed E-state index contributed by atoms with van der Waals surface area (Å²) >= 11 is 0. The molecule has 1 aromatic carbocycles. The highest BCUT2D eigenvalue weighted by molar-refractivity contribution is 7.88. The van der Waals surface area contributed by atoms with Gasteiger partial charge < -0.3 is 4.74 Å². The Kier molecular flexibility index (Phi) is 4.47. The molecule has 1 aliphatic heterocycles. The van der Waals surface area contributed by atoms with Gasteiger partial charge in [-0.15, -0.1) is 0 Å². The minimum atomic E-state index is -3.47. The van der Waals surface area contributed by atoms with Crippen LogP contribution in [0.3, 0.4) is 0 Å². The number of benzene rings is 1. The minimum Gasteiger partial charge on any atom is -0.368 e. The molecule has 0 unspecified atom stereocenters. The van der Waals surface area contributed by atoms with Gasteiger partial charge in [-0.2, -0.15) is 5.10 Å². The summed E-state index contributed by atoms with van der Waals surface area (Å²) in [6.07, 6.45) is 0.150. The molecular formula is C15H20N4O3S. The Bertz CT molecular complexity index is 788. The maximum Gasteiger partial charge on any atom is 0.216 e. The fourth-order valence-electron chi connectivity index (χ4n) is 2.70. The lowest BCUT2D eigenvalue weighted by Crippen LogP contribution is -2.37. The summed E-state index contributed by atoms with van der Waals surface area (Å²) in [7, 11) is -3.47. The van der Waals surface area contributed by atoms with Crippen molar-refractivity contribution in [1.29, 1.82) is 0 Å². The van der Waals surface area contributed by atoms with Crippen LogP contribution in [0.15, 0.2) is 24.3 Å². The first-order chi connectivity index (χ1) is 10.9. The Labute approximate surface area is 135 Å². The van der Waals surface area contributed by atoms with E-state index in [1.165, 1.54) is 0 Å². The topological polar surface area (TPSA) is 97.0 Å². The highest BCUT2D eigenvalue weighted by Gasteiger charge is 2.35. The van der Waals surface area contributed by atoms with Gasteiger partial charge in [0.15, 0.2) is 5.82 Å².